The first-order valence-corrected chi connectivity index (χ1v) is 15.8. The van der Waals surface area contributed by atoms with Gasteiger partial charge in [-0.05, 0) is 60.5 Å². The molecule has 44 heavy (non-hydrogen) atoms. The average Bonchev–Trinajstić information content (AvgIpc) is 2.89. The second-order valence-electron chi connectivity index (χ2n) is 12.6. The van der Waals surface area contributed by atoms with Crippen LogP contribution in [0.5, 0.6) is 11.5 Å². The summed E-state index contributed by atoms with van der Waals surface area (Å²) in [6.45, 7) is 8.58. The van der Waals surface area contributed by atoms with E-state index in [2.05, 4.69) is 27.7 Å². The number of hydrogen-bond donors (Lipinski definition) is 0. The number of esters is 4. The van der Waals surface area contributed by atoms with Crippen LogP contribution in [0.3, 0.4) is 0 Å². The van der Waals surface area contributed by atoms with Gasteiger partial charge in [-0.15, -0.1) is 0 Å². The Morgan fingerprint density at radius 2 is 0.932 bits per heavy atom. The lowest BCUT2D eigenvalue weighted by Crippen LogP contribution is -2.35. The van der Waals surface area contributed by atoms with Gasteiger partial charge in [0.15, 0.2) is 11.5 Å². The zero-order valence-corrected chi connectivity index (χ0v) is 28.6. The lowest BCUT2D eigenvalue weighted by atomic mass is 9.65. The Morgan fingerprint density at radius 1 is 0.614 bits per heavy atom. The molecule has 0 heterocycles. The topological polar surface area (TPSA) is 105 Å². The Labute approximate surface area is 284 Å². The monoisotopic (exact) mass is 726 g/mol. The normalized spacial score (nSPS) is 17.2. The van der Waals surface area contributed by atoms with Gasteiger partial charge in [0, 0.05) is 0 Å². The molecule has 0 spiro atoms. The van der Waals surface area contributed by atoms with E-state index >= 15 is 0 Å². The maximum Gasteiger partial charge on any atom is 0.423 e. The number of rotatable bonds is 8. The fourth-order valence-electron chi connectivity index (χ4n) is 5.76. The van der Waals surface area contributed by atoms with Gasteiger partial charge < -0.3 is 18.9 Å². The summed E-state index contributed by atoms with van der Waals surface area (Å²) in [5.41, 5.74) is -0.618. The summed E-state index contributed by atoms with van der Waals surface area (Å²) in [5.74, 6) is -6.09. The first kappa shape index (κ1) is 34.9. The van der Waals surface area contributed by atoms with Crippen molar-refractivity contribution in [1.29, 1.82) is 0 Å². The average molecular weight is 729 g/mol. The summed E-state index contributed by atoms with van der Waals surface area (Å²) in [6.07, 6.45) is 3.40. The predicted molar refractivity (Wildman–Crippen MR) is 168 cm³/mol. The van der Waals surface area contributed by atoms with E-state index in [1.54, 1.807) is 0 Å². The summed E-state index contributed by atoms with van der Waals surface area (Å²) in [4.78, 5) is 51.8. The molecule has 0 aliphatic heterocycles. The summed E-state index contributed by atoms with van der Waals surface area (Å²) in [7, 11) is 0. The lowest BCUT2D eigenvalue weighted by Gasteiger charge is -2.42. The third-order valence-corrected chi connectivity index (χ3v) is 9.62. The second kappa shape index (κ2) is 13.4. The fraction of sp³-hybridized carbons (Fsp3) is 0.467. The van der Waals surface area contributed by atoms with E-state index in [-0.39, 0.29) is 66.0 Å². The number of hydrogen-bond acceptors (Lipinski definition) is 8. The molecular formula is C30H28Cl6O8. The first-order chi connectivity index (χ1) is 20.4. The Balaban J connectivity index is 1.52. The molecule has 0 amide bonds. The zero-order valence-electron chi connectivity index (χ0n) is 24.1. The van der Waals surface area contributed by atoms with Crippen LogP contribution in [0.1, 0.15) is 74.1 Å². The minimum Gasteiger partial charge on any atom is -0.462 e. The van der Waals surface area contributed by atoms with E-state index in [9.17, 15) is 19.2 Å². The van der Waals surface area contributed by atoms with Gasteiger partial charge in [-0.25, -0.2) is 19.2 Å². The molecule has 0 aromatic heterocycles. The van der Waals surface area contributed by atoms with Gasteiger partial charge in [0.25, 0.3) is 0 Å². The van der Waals surface area contributed by atoms with Gasteiger partial charge in [0.05, 0.1) is 43.3 Å². The number of halogens is 6. The van der Waals surface area contributed by atoms with Crippen molar-refractivity contribution in [3.8, 4) is 11.5 Å². The highest BCUT2D eigenvalue weighted by Crippen LogP contribution is 2.47. The Morgan fingerprint density at radius 3 is 1.23 bits per heavy atom. The van der Waals surface area contributed by atoms with Crippen molar-refractivity contribution in [1.82, 2.24) is 0 Å². The van der Waals surface area contributed by atoms with Gasteiger partial charge in [0.2, 0.25) is 0 Å². The Hall–Kier alpha value is -1.94. The molecule has 0 radical (unpaired) electrons. The van der Waals surface area contributed by atoms with E-state index in [1.165, 1.54) is 0 Å². The van der Waals surface area contributed by atoms with Crippen molar-refractivity contribution in [2.45, 2.75) is 53.4 Å². The van der Waals surface area contributed by atoms with Crippen molar-refractivity contribution in [2.24, 2.45) is 22.7 Å². The Kier molecular flexibility index (Phi) is 10.7. The van der Waals surface area contributed by atoms with Crippen LogP contribution < -0.4 is 9.47 Å². The lowest BCUT2D eigenvalue weighted by molar-refractivity contribution is -0.156. The van der Waals surface area contributed by atoms with E-state index in [0.717, 1.165) is 37.8 Å². The second-order valence-corrected chi connectivity index (χ2v) is 15.0. The smallest absolute Gasteiger partial charge is 0.423 e. The molecule has 2 fully saturated rings. The molecule has 4 rings (SSSR count). The molecule has 0 atom stereocenters. The van der Waals surface area contributed by atoms with Gasteiger partial charge in [-0.1, -0.05) is 97.3 Å². The number of ether oxygens (including phenoxy) is 4. The molecule has 0 unspecified atom stereocenters. The van der Waals surface area contributed by atoms with Crippen molar-refractivity contribution in [3.05, 3.63) is 53.4 Å². The third kappa shape index (κ3) is 7.88. The van der Waals surface area contributed by atoms with Crippen LogP contribution in [0.2, 0.25) is 30.1 Å². The third-order valence-electron chi connectivity index (χ3n) is 7.48. The van der Waals surface area contributed by atoms with Crippen LogP contribution in [-0.4, -0.2) is 37.1 Å². The number of carbonyl (C=O) groups excluding carboxylic acids is 4. The molecule has 14 heteroatoms. The fourth-order valence-corrected chi connectivity index (χ4v) is 7.20. The summed E-state index contributed by atoms with van der Waals surface area (Å²) >= 11 is 37.2. The highest BCUT2D eigenvalue weighted by atomic mass is 35.5. The Bertz CT molecular complexity index is 1410. The van der Waals surface area contributed by atoms with E-state index in [0.29, 0.717) is 0 Å². The maximum atomic E-state index is 13.0. The van der Waals surface area contributed by atoms with Crippen LogP contribution in [0, 0.1) is 22.7 Å². The molecule has 238 valence electrons. The molecule has 8 nitrogen and oxygen atoms in total. The highest BCUT2D eigenvalue weighted by molar-refractivity contribution is 6.47. The molecule has 2 aliphatic carbocycles. The quantitative estimate of drug-likeness (QED) is 0.115. The number of carbonyl (C=O) groups is 4. The first-order valence-electron chi connectivity index (χ1n) is 13.5. The van der Waals surface area contributed by atoms with E-state index in [4.69, 9.17) is 88.6 Å². The van der Waals surface area contributed by atoms with E-state index < -0.39 is 46.5 Å². The van der Waals surface area contributed by atoms with Crippen molar-refractivity contribution in [3.63, 3.8) is 0 Å². The largest absolute Gasteiger partial charge is 0.462 e. The summed E-state index contributed by atoms with van der Waals surface area (Å²) in [6, 6.07) is 2.25. The maximum absolute atomic E-state index is 13.0. The number of benzene rings is 2. The standard InChI is InChI=1S/C30H28Cl6O8/c1-29(2)7-13(8-29)11-41-25(37)19-21(35)15(31)5-17(33)23(19)43-27(39)28(40)44-24-18(34)6-16(32)22(36)20(24)26(38)42-12-14-9-30(3,4)10-14/h5-6,13-14H,7-12H2,1-4H3. The van der Waals surface area contributed by atoms with Crippen LogP contribution in [0.25, 0.3) is 0 Å². The summed E-state index contributed by atoms with van der Waals surface area (Å²) < 4.78 is 21.1. The highest BCUT2D eigenvalue weighted by Gasteiger charge is 2.39. The SMILES string of the molecule is CC1(C)CC(COC(=O)c2c(Cl)c(Cl)cc(Cl)c2OC(=O)C(=O)Oc2c(Cl)cc(Cl)c(Cl)c2C(=O)OCC2CC(C)(C)C2)C1. The molecule has 2 aromatic carbocycles. The van der Waals surface area contributed by atoms with Gasteiger partial charge in [-0.2, -0.15) is 0 Å². The minimum absolute atomic E-state index is 0.0887. The van der Waals surface area contributed by atoms with Crippen molar-refractivity contribution >= 4 is 93.5 Å². The molecule has 2 saturated carbocycles. The van der Waals surface area contributed by atoms with Crippen LogP contribution in [0.15, 0.2) is 12.1 Å². The molecule has 2 aromatic rings. The summed E-state index contributed by atoms with van der Waals surface area (Å²) in [5, 5.41) is -1.47. The van der Waals surface area contributed by atoms with Crippen molar-refractivity contribution in [2.75, 3.05) is 13.2 Å². The van der Waals surface area contributed by atoms with Crippen molar-refractivity contribution < 1.29 is 38.1 Å². The molecule has 0 saturated heterocycles. The van der Waals surface area contributed by atoms with Crippen LogP contribution in [-0.2, 0) is 19.1 Å². The molecule has 2 aliphatic rings. The molecule has 0 N–H and O–H groups in total. The van der Waals surface area contributed by atoms with Crippen LogP contribution >= 0.6 is 69.6 Å². The predicted octanol–water partition coefficient (Wildman–Crippen LogP) is 9.30. The molecule has 0 bridgehead atoms. The van der Waals surface area contributed by atoms with E-state index in [1.807, 2.05) is 0 Å². The van der Waals surface area contributed by atoms with Gasteiger partial charge in [-0.3, -0.25) is 0 Å². The molecular weight excluding hydrogens is 701 g/mol. The van der Waals surface area contributed by atoms with Gasteiger partial charge in [0.1, 0.15) is 11.1 Å². The van der Waals surface area contributed by atoms with Crippen LogP contribution in [0.4, 0.5) is 0 Å². The zero-order chi connectivity index (χ0) is 32.7. The minimum atomic E-state index is -1.64. The van der Waals surface area contributed by atoms with Gasteiger partial charge >= 0.3 is 23.9 Å².